The fourth-order valence-electron chi connectivity index (χ4n) is 2.33. The van der Waals surface area contributed by atoms with E-state index in [-0.39, 0.29) is 0 Å². The van der Waals surface area contributed by atoms with Gasteiger partial charge in [-0.2, -0.15) is 0 Å². The van der Waals surface area contributed by atoms with E-state index in [0.29, 0.717) is 23.0 Å². The standard InChI is InChI=1S/C13H15Cl2NO2/c14-10-5-4-9(11(15)7-10)8-16-6-2-1-3-12(16)13(17)18/h4-5,7,12H,1-3,6,8H2,(H,17,18)/t12-/m0/s1. The fraction of sp³-hybridized carbons (Fsp3) is 0.462. The molecule has 1 N–H and O–H groups in total. The molecule has 1 heterocycles. The third kappa shape index (κ3) is 3.16. The Hall–Kier alpha value is -0.770. The molecule has 0 amide bonds. The van der Waals surface area contributed by atoms with Gasteiger partial charge in [0.1, 0.15) is 6.04 Å². The van der Waals surface area contributed by atoms with Crippen LogP contribution in [0.2, 0.25) is 10.0 Å². The molecule has 0 saturated carbocycles. The first kappa shape index (κ1) is 13.7. The minimum atomic E-state index is -0.750. The van der Waals surface area contributed by atoms with Crippen molar-refractivity contribution in [2.45, 2.75) is 31.8 Å². The summed E-state index contributed by atoms with van der Waals surface area (Å²) in [6, 6.07) is 4.93. The lowest BCUT2D eigenvalue weighted by Crippen LogP contribution is -2.44. The van der Waals surface area contributed by atoms with Crippen LogP contribution in [0.5, 0.6) is 0 Å². The van der Waals surface area contributed by atoms with Crippen LogP contribution in [0.15, 0.2) is 18.2 Å². The number of rotatable bonds is 3. The molecular formula is C13H15Cl2NO2. The van der Waals surface area contributed by atoms with Gasteiger partial charge in [0, 0.05) is 16.6 Å². The molecule has 1 aromatic carbocycles. The van der Waals surface area contributed by atoms with Crippen molar-refractivity contribution in [3.05, 3.63) is 33.8 Å². The second-order valence-corrected chi connectivity index (χ2v) is 5.40. The minimum absolute atomic E-state index is 0.398. The average molecular weight is 288 g/mol. The third-order valence-corrected chi connectivity index (χ3v) is 3.87. The quantitative estimate of drug-likeness (QED) is 0.926. The summed E-state index contributed by atoms with van der Waals surface area (Å²) in [6.45, 7) is 1.36. The monoisotopic (exact) mass is 287 g/mol. The summed E-state index contributed by atoms with van der Waals surface area (Å²) in [5.74, 6) is -0.750. The number of hydrogen-bond donors (Lipinski definition) is 1. The number of likely N-dealkylation sites (tertiary alicyclic amines) is 1. The van der Waals surface area contributed by atoms with Gasteiger partial charge >= 0.3 is 5.97 Å². The van der Waals surface area contributed by atoms with Crippen molar-refractivity contribution in [1.82, 2.24) is 4.90 Å². The second kappa shape index (κ2) is 5.91. The van der Waals surface area contributed by atoms with Gasteiger partial charge in [-0.1, -0.05) is 35.7 Å². The van der Waals surface area contributed by atoms with Crippen molar-refractivity contribution in [3.8, 4) is 0 Å². The summed E-state index contributed by atoms with van der Waals surface area (Å²) in [5.41, 5.74) is 0.925. The van der Waals surface area contributed by atoms with Gasteiger partial charge in [-0.15, -0.1) is 0 Å². The lowest BCUT2D eigenvalue weighted by Gasteiger charge is -2.33. The zero-order valence-corrected chi connectivity index (χ0v) is 11.4. The van der Waals surface area contributed by atoms with Gasteiger partial charge in [0.15, 0.2) is 0 Å². The van der Waals surface area contributed by atoms with E-state index in [1.807, 2.05) is 11.0 Å². The largest absolute Gasteiger partial charge is 0.480 e. The van der Waals surface area contributed by atoms with E-state index in [2.05, 4.69) is 0 Å². The van der Waals surface area contributed by atoms with Crippen LogP contribution in [0.25, 0.3) is 0 Å². The molecule has 0 spiro atoms. The maximum absolute atomic E-state index is 11.2. The van der Waals surface area contributed by atoms with E-state index in [0.717, 1.165) is 24.9 Å². The maximum Gasteiger partial charge on any atom is 0.320 e. The molecular weight excluding hydrogens is 273 g/mol. The van der Waals surface area contributed by atoms with E-state index in [4.69, 9.17) is 23.2 Å². The Balaban J connectivity index is 2.13. The first-order valence-electron chi connectivity index (χ1n) is 5.98. The van der Waals surface area contributed by atoms with Crippen LogP contribution in [-0.2, 0) is 11.3 Å². The van der Waals surface area contributed by atoms with Crippen molar-refractivity contribution < 1.29 is 9.90 Å². The molecule has 18 heavy (non-hydrogen) atoms. The zero-order chi connectivity index (χ0) is 13.1. The van der Waals surface area contributed by atoms with Crippen molar-refractivity contribution >= 4 is 29.2 Å². The first-order valence-corrected chi connectivity index (χ1v) is 6.74. The van der Waals surface area contributed by atoms with Crippen molar-refractivity contribution in [2.24, 2.45) is 0 Å². The van der Waals surface area contributed by atoms with E-state index >= 15 is 0 Å². The highest BCUT2D eigenvalue weighted by Crippen LogP contribution is 2.25. The average Bonchev–Trinajstić information content (AvgIpc) is 2.33. The summed E-state index contributed by atoms with van der Waals surface area (Å²) in [5, 5.41) is 10.4. The van der Waals surface area contributed by atoms with Crippen LogP contribution >= 0.6 is 23.2 Å². The summed E-state index contributed by atoms with van der Waals surface area (Å²) >= 11 is 12.0. The molecule has 5 heteroatoms. The Labute approximate surface area is 116 Å². The molecule has 0 unspecified atom stereocenters. The highest BCUT2D eigenvalue weighted by atomic mass is 35.5. The summed E-state index contributed by atoms with van der Waals surface area (Å²) in [6.07, 6.45) is 2.72. The number of halogens is 2. The highest BCUT2D eigenvalue weighted by Gasteiger charge is 2.28. The Kier molecular flexibility index (Phi) is 4.49. The number of hydrogen-bond acceptors (Lipinski definition) is 2. The first-order chi connectivity index (χ1) is 8.58. The molecule has 0 radical (unpaired) electrons. The zero-order valence-electron chi connectivity index (χ0n) is 9.90. The van der Waals surface area contributed by atoms with Crippen molar-refractivity contribution in [3.63, 3.8) is 0 Å². The molecule has 1 aromatic rings. The number of carboxylic acid groups (broad SMARTS) is 1. The van der Waals surface area contributed by atoms with Gasteiger partial charge in [0.25, 0.3) is 0 Å². The molecule has 1 fully saturated rings. The fourth-order valence-corrected chi connectivity index (χ4v) is 2.80. The third-order valence-electron chi connectivity index (χ3n) is 3.29. The lowest BCUT2D eigenvalue weighted by atomic mass is 10.0. The molecule has 3 nitrogen and oxygen atoms in total. The van der Waals surface area contributed by atoms with Gasteiger partial charge in [-0.25, -0.2) is 0 Å². The topological polar surface area (TPSA) is 40.5 Å². The maximum atomic E-state index is 11.2. The Morgan fingerprint density at radius 2 is 2.17 bits per heavy atom. The lowest BCUT2D eigenvalue weighted by molar-refractivity contribution is -0.144. The molecule has 0 aliphatic carbocycles. The molecule has 0 bridgehead atoms. The number of carbonyl (C=O) groups is 1. The predicted octanol–water partition coefficient (Wildman–Crippen LogP) is 3.43. The van der Waals surface area contributed by atoms with Crippen LogP contribution in [0.3, 0.4) is 0 Å². The van der Waals surface area contributed by atoms with E-state index in [1.165, 1.54) is 0 Å². The van der Waals surface area contributed by atoms with Gasteiger partial charge < -0.3 is 5.11 Å². The van der Waals surface area contributed by atoms with Crippen LogP contribution in [0.1, 0.15) is 24.8 Å². The number of nitrogens with zero attached hydrogens (tertiary/aromatic N) is 1. The number of benzene rings is 1. The van der Waals surface area contributed by atoms with E-state index < -0.39 is 12.0 Å². The van der Waals surface area contributed by atoms with Gasteiger partial charge in [0.05, 0.1) is 0 Å². The molecule has 1 saturated heterocycles. The second-order valence-electron chi connectivity index (χ2n) is 4.56. The number of piperidine rings is 1. The Bertz CT molecular complexity index is 451. The SMILES string of the molecule is O=C(O)[C@@H]1CCCCN1Cc1ccc(Cl)cc1Cl. The molecule has 1 aliphatic heterocycles. The van der Waals surface area contributed by atoms with Crippen LogP contribution in [-0.4, -0.2) is 28.6 Å². The van der Waals surface area contributed by atoms with Crippen LogP contribution < -0.4 is 0 Å². The Morgan fingerprint density at radius 3 is 2.83 bits per heavy atom. The summed E-state index contributed by atoms with van der Waals surface area (Å²) in [4.78, 5) is 13.2. The number of carboxylic acids is 1. The van der Waals surface area contributed by atoms with Gasteiger partial charge in [-0.05, 0) is 37.1 Å². The highest BCUT2D eigenvalue weighted by molar-refractivity contribution is 6.35. The molecule has 98 valence electrons. The molecule has 1 aliphatic rings. The van der Waals surface area contributed by atoms with E-state index in [1.54, 1.807) is 12.1 Å². The Morgan fingerprint density at radius 1 is 1.39 bits per heavy atom. The van der Waals surface area contributed by atoms with Gasteiger partial charge in [0.2, 0.25) is 0 Å². The minimum Gasteiger partial charge on any atom is -0.480 e. The van der Waals surface area contributed by atoms with Crippen LogP contribution in [0.4, 0.5) is 0 Å². The molecule has 2 rings (SSSR count). The predicted molar refractivity (Wildman–Crippen MR) is 72.1 cm³/mol. The smallest absolute Gasteiger partial charge is 0.320 e. The molecule has 0 aromatic heterocycles. The van der Waals surface area contributed by atoms with Crippen LogP contribution in [0, 0.1) is 0 Å². The number of aliphatic carboxylic acids is 1. The normalized spacial score (nSPS) is 20.9. The summed E-state index contributed by atoms with van der Waals surface area (Å²) < 4.78 is 0. The molecule has 1 atom stereocenters. The van der Waals surface area contributed by atoms with E-state index in [9.17, 15) is 9.90 Å². The summed E-state index contributed by atoms with van der Waals surface area (Å²) in [7, 11) is 0. The van der Waals surface area contributed by atoms with Crippen molar-refractivity contribution in [1.29, 1.82) is 0 Å². The van der Waals surface area contributed by atoms with Gasteiger partial charge in [-0.3, -0.25) is 9.69 Å². The van der Waals surface area contributed by atoms with Crippen molar-refractivity contribution in [2.75, 3.05) is 6.54 Å².